The molecule has 2 fully saturated rings. The van der Waals surface area contributed by atoms with Crippen LogP contribution in [0.2, 0.25) is 0 Å². The molecule has 6 heteroatoms. The fourth-order valence-corrected chi connectivity index (χ4v) is 6.44. The van der Waals surface area contributed by atoms with Gasteiger partial charge in [-0.1, -0.05) is 6.07 Å². The van der Waals surface area contributed by atoms with Gasteiger partial charge >= 0.3 is 0 Å². The van der Waals surface area contributed by atoms with E-state index in [2.05, 4.69) is 24.4 Å². The Bertz CT molecular complexity index is 840. The summed E-state index contributed by atoms with van der Waals surface area (Å²) in [4.78, 5) is 12.5. The highest BCUT2D eigenvalue weighted by Gasteiger charge is 2.50. The number of nitrogens with one attached hydrogen (secondary N) is 1. The smallest absolute Gasteiger partial charge is 0.142 e. The van der Waals surface area contributed by atoms with Crippen molar-refractivity contribution in [3.63, 3.8) is 0 Å². The molecule has 156 valence electrons. The van der Waals surface area contributed by atoms with Crippen LogP contribution in [0.4, 0.5) is 0 Å². The maximum absolute atomic E-state index is 12.7. The fourth-order valence-electron chi connectivity index (χ4n) is 5.41. The first-order valence-corrected chi connectivity index (χ1v) is 11.6. The minimum atomic E-state index is -0.273. The summed E-state index contributed by atoms with van der Waals surface area (Å²) >= 11 is 1.67. The van der Waals surface area contributed by atoms with Gasteiger partial charge in [-0.3, -0.25) is 4.79 Å². The van der Waals surface area contributed by atoms with E-state index in [1.165, 1.54) is 24.0 Å². The molecule has 5 atom stereocenters. The van der Waals surface area contributed by atoms with Crippen molar-refractivity contribution in [1.29, 1.82) is 0 Å². The van der Waals surface area contributed by atoms with E-state index in [9.17, 15) is 9.90 Å². The maximum atomic E-state index is 12.7. The maximum Gasteiger partial charge on any atom is 0.142 e. The molecular weight excluding hydrogens is 386 g/mol. The molecule has 29 heavy (non-hydrogen) atoms. The summed E-state index contributed by atoms with van der Waals surface area (Å²) in [5, 5.41) is 14.7. The average Bonchev–Trinajstić information content (AvgIpc) is 3.42. The standard InChI is InChI=1S/C23H29NO4S/c1-23(24-16(11-25)13-29-23)22-8-7-18-19(20(26)10-21(18)28-22)12-27-17-6-5-14-3-2-4-15(14)9-17/h5-6,9,13,18-19,21-22,24-25H,2-4,7-8,10-12H2,1H3/t18-,19-,21+,22-,23?/m1/s1. The summed E-state index contributed by atoms with van der Waals surface area (Å²) in [5.74, 6) is 1.33. The number of aliphatic hydroxyl groups excluding tert-OH is 1. The molecule has 0 spiro atoms. The predicted molar refractivity (Wildman–Crippen MR) is 113 cm³/mol. The molecule has 1 aromatic carbocycles. The molecule has 2 aliphatic carbocycles. The quantitative estimate of drug-likeness (QED) is 0.770. The number of aliphatic hydroxyl groups is 1. The number of hydrogen-bond acceptors (Lipinski definition) is 6. The number of hydrogen-bond donors (Lipinski definition) is 2. The van der Waals surface area contributed by atoms with E-state index in [0.29, 0.717) is 13.0 Å². The van der Waals surface area contributed by atoms with E-state index in [1.807, 2.05) is 11.5 Å². The Hall–Kier alpha value is -1.50. The van der Waals surface area contributed by atoms with Gasteiger partial charge in [0.15, 0.2) is 0 Å². The Labute approximate surface area is 176 Å². The minimum Gasteiger partial charge on any atom is -0.493 e. The lowest BCUT2D eigenvalue weighted by molar-refractivity contribution is -0.122. The van der Waals surface area contributed by atoms with Crippen molar-refractivity contribution in [3.05, 3.63) is 40.4 Å². The molecule has 0 radical (unpaired) electrons. The molecule has 1 saturated carbocycles. The molecular formula is C23H29NO4S. The Morgan fingerprint density at radius 2 is 2.17 bits per heavy atom. The first kappa shape index (κ1) is 19.5. The van der Waals surface area contributed by atoms with Gasteiger partial charge in [-0.05, 0) is 73.6 Å². The zero-order chi connectivity index (χ0) is 20.0. The lowest BCUT2D eigenvalue weighted by Crippen LogP contribution is -2.52. The summed E-state index contributed by atoms with van der Waals surface area (Å²) in [6.07, 6.45) is 5.90. The highest BCUT2D eigenvalue weighted by molar-refractivity contribution is 8.03. The number of carbonyl (C=O) groups is 1. The van der Waals surface area contributed by atoms with Gasteiger partial charge in [0.2, 0.25) is 0 Å². The topological polar surface area (TPSA) is 67.8 Å². The van der Waals surface area contributed by atoms with Crippen LogP contribution in [0.15, 0.2) is 29.3 Å². The van der Waals surface area contributed by atoms with Crippen molar-refractivity contribution in [1.82, 2.24) is 5.32 Å². The average molecular weight is 416 g/mol. The number of rotatable bonds is 5. The van der Waals surface area contributed by atoms with E-state index in [4.69, 9.17) is 9.47 Å². The van der Waals surface area contributed by atoms with Gasteiger partial charge in [-0.25, -0.2) is 0 Å². The third-order valence-corrected chi connectivity index (χ3v) is 8.31. The summed E-state index contributed by atoms with van der Waals surface area (Å²) in [6.45, 7) is 2.59. The van der Waals surface area contributed by atoms with Crippen LogP contribution < -0.4 is 10.1 Å². The zero-order valence-electron chi connectivity index (χ0n) is 16.9. The highest BCUT2D eigenvalue weighted by Crippen LogP contribution is 2.46. The van der Waals surface area contributed by atoms with Gasteiger partial charge in [0.05, 0.1) is 31.3 Å². The number of Topliss-reactive ketones (excluding diaryl/α,β-unsaturated/α-hetero) is 1. The molecule has 5 rings (SSSR count). The second-order valence-corrected chi connectivity index (χ2v) is 10.2. The van der Waals surface area contributed by atoms with E-state index in [-0.39, 0.29) is 41.3 Å². The number of fused-ring (bicyclic) bond motifs is 2. The molecule has 2 heterocycles. The normalized spacial score (nSPS) is 35.8. The van der Waals surface area contributed by atoms with E-state index in [0.717, 1.165) is 30.7 Å². The molecule has 1 unspecified atom stereocenters. The summed E-state index contributed by atoms with van der Waals surface area (Å²) in [6, 6.07) is 6.37. The summed E-state index contributed by atoms with van der Waals surface area (Å²) in [7, 11) is 0. The molecule has 4 aliphatic rings. The van der Waals surface area contributed by atoms with E-state index in [1.54, 1.807) is 11.8 Å². The zero-order valence-corrected chi connectivity index (χ0v) is 17.7. The van der Waals surface area contributed by atoms with Crippen molar-refractivity contribution in [2.45, 2.75) is 62.5 Å². The van der Waals surface area contributed by atoms with E-state index < -0.39 is 0 Å². The Morgan fingerprint density at radius 1 is 1.31 bits per heavy atom. The second kappa shape index (κ2) is 7.64. The van der Waals surface area contributed by atoms with Gasteiger partial charge in [0.1, 0.15) is 16.4 Å². The van der Waals surface area contributed by atoms with Crippen LogP contribution in [-0.4, -0.2) is 41.2 Å². The van der Waals surface area contributed by atoms with Gasteiger partial charge in [0, 0.05) is 12.1 Å². The van der Waals surface area contributed by atoms with Gasteiger partial charge in [-0.2, -0.15) is 0 Å². The van der Waals surface area contributed by atoms with Gasteiger partial charge < -0.3 is 19.9 Å². The Morgan fingerprint density at radius 3 is 3.00 bits per heavy atom. The molecule has 2 N–H and O–H groups in total. The fraction of sp³-hybridized carbons (Fsp3) is 0.609. The van der Waals surface area contributed by atoms with Crippen molar-refractivity contribution in [2.75, 3.05) is 13.2 Å². The van der Waals surface area contributed by atoms with Crippen LogP contribution in [0.5, 0.6) is 5.75 Å². The van der Waals surface area contributed by atoms with Crippen LogP contribution >= 0.6 is 11.8 Å². The van der Waals surface area contributed by atoms with Crippen LogP contribution in [0.25, 0.3) is 0 Å². The molecule has 5 nitrogen and oxygen atoms in total. The van der Waals surface area contributed by atoms with Crippen LogP contribution in [0, 0.1) is 11.8 Å². The third-order valence-electron chi connectivity index (χ3n) is 7.05. The number of aryl methyl sites for hydroxylation is 2. The summed E-state index contributed by atoms with van der Waals surface area (Å²) in [5.41, 5.74) is 3.67. The molecule has 0 bridgehead atoms. The van der Waals surface area contributed by atoms with Crippen molar-refractivity contribution in [3.8, 4) is 5.75 Å². The van der Waals surface area contributed by atoms with Gasteiger partial charge in [-0.15, -0.1) is 11.8 Å². The van der Waals surface area contributed by atoms with Gasteiger partial charge in [0.25, 0.3) is 0 Å². The van der Waals surface area contributed by atoms with Crippen molar-refractivity contribution >= 4 is 17.5 Å². The third kappa shape index (κ3) is 3.60. The molecule has 0 aromatic heterocycles. The number of thioether (sulfide) groups is 1. The number of ether oxygens (including phenoxy) is 2. The lowest BCUT2D eigenvalue weighted by Gasteiger charge is -2.42. The number of ketones is 1. The number of carbonyl (C=O) groups excluding carboxylic acids is 1. The molecule has 1 aromatic rings. The van der Waals surface area contributed by atoms with Crippen LogP contribution in [0.1, 0.15) is 43.7 Å². The highest BCUT2D eigenvalue weighted by atomic mass is 32.2. The second-order valence-electron chi connectivity index (χ2n) is 8.93. The number of benzene rings is 1. The van der Waals surface area contributed by atoms with Crippen molar-refractivity contribution < 1.29 is 19.4 Å². The SMILES string of the molecule is CC1([C@H]2CC[C@H]3[C@H](CC(=O)[C@@H]3COc3ccc4c(c3)CCC4)O2)NC(CO)=CS1. The Balaban J connectivity index is 1.21. The van der Waals surface area contributed by atoms with Crippen LogP contribution in [-0.2, 0) is 22.4 Å². The van der Waals surface area contributed by atoms with E-state index >= 15 is 0 Å². The monoisotopic (exact) mass is 415 g/mol. The predicted octanol–water partition coefficient (Wildman–Crippen LogP) is 3.19. The van der Waals surface area contributed by atoms with Crippen LogP contribution in [0.3, 0.4) is 0 Å². The Kier molecular flexibility index (Phi) is 5.13. The lowest BCUT2D eigenvalue weighted by atomic mass is 9.85. The summed E-state index contributed by atoms with van der Waals surface area (Å²) < 4.78 is 12.5. The molecule has 1 saturated heterocycles. The first-order chi connectivity index (χ1) is 14.1. The molecule has 0 amide bonds. The van der Waals surface area contributed by atoms with Crippen molar-refractivity contribution in [2.24, 2.45) is 11.8 Å². The minimum absolute atomic E-state index is 0.0158. The first-order valence-electron chi connectivity index (χ1n) is 10.7. The molecule has 2 aliphatic heterocycles. The largest absolute Gasteiger partial charge is 0.493 e.